The van der Waals surface area contributed by atoms with Gasteiger partial charge in [0.05, 0.1) is 0 Å². The number of nitrogens with one attached hydrogen (secondary N) is 1. The van der Waals surface area contributed by atoms with Crippen LogP contribution in [0.25, 0.3) is 0 Å². The summed E-state index contributed by atoms with van der Waals surface area (Å²) in [5.41, 5.74) is 0. The zero-order valence-electron chi connectivity index (χ0n) is 3.82. The molecule has 3 heteroatoms. The van der Waals surface area contributed by atoms with E-state index in [9.17, 15) is 0 Å². The van der Waals surface area contributed by atoms with E-state index in [1.807, 2.05) is 12.5 Å². The topological polar surface area (TPSA) is 40.9 Å². The summed E-state index contributed by atoms with van der Waals surface area (Å²) in [6.07, 6.45) is 4.83. The SMILES string of the molecule is CSC.N=C=O. The smallest absolute Gasteiger partial charge is 0.222 e. The second-order valence-electron chi connectivity index (χ2n) is 0.510. The van der Waals surface area contributed by atoms with E-state index in [0.29, 0.717) is 0 Å². The molecule has 36 valence electrons. The highest BCUT2D eigenvalue weighted by Gasteiger charge is 1.32. The van der Waals surface area contributed by atoms with Gasteiger partial charge in [0, 0.05) is 0 Å². The van der Waals surface area contributed by atoms with Crippen molar-refractivity contribution in [2.24, 2.45) is 0 Å². The molecule has 2 nitrogen and oxygen atoms in total. The first-order valence-electron chi connectivity index (χ1n) is 1.27. The molecule has 0 saturated heterocycles. The van der Waals surface area contributed by atoms with Crippen molar-refractivity contribution in [1.82, 2.24) is 0 Å². The van der Waals surface area contributed by atoms with E-state index < -0.39 is 0 Å². The lowest BCUT2D eigenvalue weighted by molar-refractivity contribution is 0.563. The van der Waals surface area contributed by atoms with Crippen LogP contribution < -0.4 is 0 Å². The Labute approximate surface area is 41.4 Å². The van der Waals surface area contributed by atoms with Crippen LogP contribution in [0.2, 0.25) is 0 Å². The molecule has 0 aromatic heterocycles. The summed E-state index contributed by atoms with van der Waals surface area (Å²) in [4.78, 5) is 8.35. The quantitative estimate of drug-likeness (QED) is 0.367. The van der Waals surface area contributed by atoms with Crippen molar-refractivity contribution in [3.8, 4) is 0 Å². The first kappa shape index (κ1) is 9.21. The normalized spacial score (nSPS) is 4.33. The van der Waals surface area contributed by atoms with Crippen LogP contribution in [0, 0.1) is 5.41 Å². The molecule has 0 unspecified atom stereocenters. The van der Waals surface area contributed by atoms with Gasteiger partial charge in [0.2, 0.25) is 6.08 Å². The van der Waals surface area contributed by atoms with E-state index in [1.54, 1.807) is 11.8 Å². The Bertz CT molecular complexity index is 40.1. The number of hydrogen-bond donors (Lipinski definition) is 1. The van der Waals surface area contributed by atoms with Gasteiger partial charge in [0.25, 0.3) is 0 Å². The standard InChI is InChI=1S/C2H6S.CHNO/c1-3-2;2-1-3/h1-2H3;2H. The van der Waals surface area contributed by atoms with Crippen LogP contribution in [0.15, 0.2) is 0 Å². The molecule has 0 rings (SSSR count). The van der Waals surface area contributed by atoms with E-state index >= 15 is 0 Å². The van der Waals surface area contributed by atoms with Crippen molar-refractivity contribution in [3.05, 3.63) is 0 Å². The van der Waals surface area contributed by atoms with Crippen LogP contribution in [0.3, 0.4) is 0 Å². The third-order valence-corrected chi connectivity index (χ3v) is 0. The van der Waals surface area contributed by atoms with E-state index in [-0.39, 0.29) is 0 Å². The minimum Gasteiger partial charge on any atom is -0.222 e. The van der Waals surface area contributed by atoms with Gasteiger partial charge in [-0.25, -0.2) is 10.2 Å². The molecule has 0 aromatic carbocycles. The van der Waals surface area contributed by atoms with Crippen molar-refractivity contribution < 1.29 is 4.79 Å². The van der Waals surface area contributed by atoms with Gasteiger partial charge in [-0.15, -0.1) is 0 Å². The summed E-state index contributed by atoms with van der Waals surface area (Å²) in [6.45, 7) is 0. The molecule has 0 aromatic rings. The molecular formula is C3H7NOS. The lowest BCUT2D eigenvalue weighted by atomic mass is 11.7. The highest BCUT2D eigenvalue weighted by Crippen LogP contribution is 1.70. The summed E-state index contributed by atoms with van der Waals surface area (Å²) in [5.74, 6) is 0. The predicted molar refractivity (Wildman–Crippen MR) is 27.9 cm³/mol. The van der Waals surface area contributed by atoms with Crippen LogP contribution in [0.5, 0.6) is 0 Å². The van der Waals surface area contributed by atoms with Crippen LogP contribution in [-0.4, -0.2) is 18.6 Å². The maximum atomic E-state index is 8.35. The summed E-state index contributed by atoms with van der Waals surface area (Å²) < 4.78 is 0. The molecule has 0 bridgehead atoms. The third-order valence-electron chi connectivity index (χ3n) is 0. The molecule has 0 fully saturated rings. The van der Waals surface area contributed by atoms with Crippen LogP contribution in [0.1, 0.15) is 0 Å². The Morgan fingerprint density at radius 2 is 1.67 bits per heavy atom. The van der Waals surface area contributed by atoms with Gasteiger partial charge in [-0.2, -0.15) is 11.8 Å². The van der Waals surface area contributed by atoms with Crippen LogP contribution >= 0.6 is 11.8 Å². The zero-order chi connectivity index (χ0) is 5.41. The Morgan fingerprint density at radius 1 is 1.67 bits per heavy atom. The summed E-state index contributed by atoms with van der Waals surface area (Å²) in [5, 5.41) is 5.40. The first-order chi connectivity index (χ1) is 2.83. The third kappa shape index (κ3) is 381. The maximum Gasteiger partial charge on any atom is 0.231 e. The summed E-state index contributed by atoms with van der Waals surface area (Å²) >= 11 is 1.75. The largest absolute Gasteiger partial charge is 0.231 e. The lowest BCUT2D eigenvalue weighted by Crippen LogP contribution is -1.25. The van der Waals surface area contributed by atoms with Crippen LogP contribution in [0.4, 0.5) is 0 Å². The molecule has 1 N–H and O–H groups in total. The summed E-state index contributed by atoms with van der Waals surface area (Å²) in [6, 6.07) is 0. The van der Waals surface area contributed by atoms with Gasteiger partial charge in [-0.05, 0) is 12.5 Å². The highest BCUT2D eigenvalue weighted by molar-refractivity contribution is 7.97. The predicted octanol–water partition coefficient (Wildman–Crippen LogP) is 0.880. The Hall–Kier alpha value is -0.270. The monoisotopic (exact) mass is 105 g/mol. The van der Waals surface area contributed by atoms with Crippen molar-refractivity contribution in [2.75, 3.05) is 12.5 Å². The molecular weight excluding hydrogens is 98.1 g/mol. The number of rotatable bonds is 0. The fourth-order valence-corrected chi connectivity index (χ4v) is 0. The average molecular weight is 105 g/mol. The Balaban J connectivity index is 0. The maximum absolute atomic E-state index is 8.35. The molecule has 0 radical (unpaired) electrons. The van der Waals surface area contributed by atoms with Gasteiger partial charge < -0.3 is 0 Å². The minimum absolute atomic E-state index is 0.750. The molecule has 0 heterocycles. The Morgan fingerprint density at radius 3 is 1.67 bits per heavy atom. The summed E-state index contributed by atoms with van der Waals surface area (Å²) in [7, 11) is 0. The molecule has 0 atom stereocenters. The van der Waals surface area contributed by atoms with Crippen molar-refractivity contribution in [2.45, 2.75) is 0 Å². The van der Waals surface area contributed by atoms with E-state index in [4.69, 9.17) is 10.2 Å². The molecule has 0 spiro atoms. The van der Waals surface area contributed by atoms with E-state index in [0.717, 1.165) is 6.08 Å². The van der Waals surface area contributed by atoms with Crippen molar-refractivity contribution >= 4 is 17.8 Å². The number of hydrogen-bond acceptors (Lipinski definition) is 3. The molecule has 0 aliphatic carbocycles. The van der Waals surface area contributed by atoms with E-state index in [1.165, 1.54) is 0 Å². The number of carbonyl (C=O) groups excluding carboxylic acids is 1. The average Bonchev–Trinajstić information content (AvgIpc) is 1.39. The minimum atomic E-state index is 0.750. The molecule has 0 saturated carbocycles. The molecule has 0 aliphatic heterocycles. The molecule has 6 heavy (non-hydrogen) atoms. The first-order valence-corrected chi connectivity index (χ1v) is 2.90. The fraction of sp³-hybridized carbons (Fsp3) is 0.667. The molecule has 0 amide bonds. The highest BCUT2D eigenvalue weighted by atomic mass is 32.2. The van der Waals surface area contributed by atoms with Gasteiger partial charge in [-0.3, -0.25) is 0 Å². The van der Waals surface area contributed by atoms with Gasteiger partial charge in [-0.1, -0.05) is 0 Å². The van der Waals surface area contributed by atoms with Gasteiger partial charge in [0.15, 0.2) is 0 Å². The second-order valence-corrected chi connectivity index (χ2v) is 1.33. The Kier molecular flexibility index (Phi) is 33.8. The molecule has 0 aliphatic rings. The van der Waals surface area contributed by atoms with Crippen LogP contribution in [-0.2, 0) is 4.79 Å². The van der Waals surface area contributed by atoms with Gasteiger partial charge in [0.1, 0.15) is 0 Å². The zero-order valence-corrected chi connectivity index (χ0v) is 4.63. The van der Waals surface area contributed by atoms with E-state index in [2.05, 4.69) is 0 Å². The second kappa shape index (κ2) is 22.0. The number of isocyanates is 1. The van der Waals surface area contributed by atoms with Crippen molar-refractivity contribution in [3.63, 3.8) is 0 Å². The fourth-order valence-electron chi connectivity index (χ4n) is 0. The van der Waals surface area contributed by atoms with Crippen molar-refractivity contribution in [1.29, 1.82) is 5.41 Å². The lowest BCUT2D eigenvalue weighted by Gasteiger charge is -1.51. The van der Waals surface area contributed by atoms with Gasteiger partial charge >= 0.3 is 0 Å². The number of thioether (sulfide) groups is 1.